The number of nitrogens with zero attached hydrogens (tertiary/aromatic N) is 2. The highest BCUT2D eigenvalue weighted by molar-refractivity contribution is 6.04. The van der Waals surface area contributed by atoms with Crippen molar-refractivity contribution in [2.75, 3.05) is 17.2 Å². The number of rotatable bonds is 11. The first-order valence-electron chi connectivity index (χ1n) is 9.53. The number of carbonyl (C=O) groups excluding carboxylic acids is 3. The van der Waals surface area contributed by atoms with E-state index in [2.05, 4.69) is 43.3 Å². The molecule has 0 saturated carbocycles. The standard InChI is InChI=1S/C18H27N7O3/c1-3-5-7-8-16(26)20-14-11-13(23-24-14)18(28)21-15-10-12(22-25-15)17(27)19-9-6-4-2/h10-11H,3-9H2,1-2H3,(H,19,27)(H2,20,23,24,26)(H2,21,22,25,28). The Morgan fingerprint density at radius 3 is 2.11 bits per heavy atom. The summed E-state index contributed by atoms with van der Waals surface area (Å²) in [6, 6.07) is 2.89. The number of aromatic amines is 2. The van der Waals surface area contributed by atoms with Crippen LogP contribution in [0.15, 0.2) is 12.1 Å². The summed E-state index contributed by atoms with van der Waals surface area (Å²) in [4.78, 5) is 36.0. The summed E-state index contributed by atoms with van der Waals surface area (Å²) in [5.41, 5.74) is 0.292. The highest BCUT2D eigenvalue weighted by Gasteiger charge is 2.15. The largest absolute Gasteiger partial charge is 0.351 e. The second kappa shape index (κ2) is 10.9. The van der Waals surface area contributed by atoms with Crippen molar-refractivity contribution in [2.45, 2.75) is 52.4 Å². The lowest BCUT2D eigenvalue weighted by Gasteiger charge is -2.01. The predicted molar refractivity (Wildman–Crippen MR) is 105 cm³/mol. The van der Waals surface area contributed by atoms with E-state index >= 15 is 0 Å². The lowest BCUT2D eigenvalue weighted by Crippen LogP contribution is -2.24. The maximum Gasteiger partial charge on any atom is 0.277 e. The number of hydrogen-bond acceptors (Lipinski definition) is 5. The van der Waals surface area contributed by atoms with E-state index in [-0.39, 0.29) is 29.0 Å². The topological polar surface area (TPSA) is 145 Å². The second-order valence-electron chi connectivity index (χ2n) is 6.40. The van der Waals surface area contributed by atoms with Gasteiger partial charge in [0, 0.05) is 25.1 Å². The van der Waals surface area contributed by atoms with Crippen molar-refractivity contribution in [2.24, 2.45) is 0 Å². The Hall–Kier alpha value is -3.17. The van der Waals surface area contributed by atoms with Gasteiger partial charge in [0.2, 0.25) is 5.91 Å². The van der Waals surface area contributed by atoms with Gasteiger partial charge in [0.15, 0.2) is 11.4 Å². The molecule has 3 amide bonds. The average molecular weight is 389 g/mol. The highest BCUT2D eigenvalue weighted by atomic mass is 16.2. The first-order chi connectivity index (χ1) is 13.5. The van der Waals surface area contributed by atoms with Gasteiger partial charge < -0.3 is 16.0 Å². The molecule has 0 spiro atoms. The van der Waals surface area contributed by atoms with Crippen molar-refractivity contribution in [3.05, 3.63) is 23.5 Å². The van der Waals surface area contributed by atoms with Gasteiger partial charge in [0.1, 0.15) is 11.6 Å². The molecule has 28 heavy (non-hydrogen) atoms. The molecule has 0 bridgehead atoms. The van der Waals surface area contributed by atoms with E-state index < -0.39 is 5.91 Å². The average Bonchev–Trinajstić information content (AvgIpc) is 3.32. The maximum atomic E-state index is 12.3. The molecule has 0 aromatic carbocycles. The lowest BCUT2D eigenvalue weighted by atomic mass is 10.2. The summed E-state index contributed by atoms with van der Waals surface area (Å²) >= 11 is 0. The van der Waals surface area contributed by atoms with E-state index in [0.29, 0.717) is 18.8 Å². The van der Waals surface area contributed by atoms with Crippen LogP contribution in [0.5, 0.6) is 0 Å². The third kappa shape index (κ3) is 6.53. The zero-order valence-electron chi connectivity index (χ0n) is 16.2. The van der Waals surface area contributed by atoms with E-state index in [1.54, 1.807) is 0 Å². The minimum Gasteiger partial charge on any atom is -0.351 e. The van der Waals surface area contributed by atoms with Gasteiger partial charge in [0.05, 0.1) is 0 Å². The van der Waals surface area contributed by atoms with E-state index in [9.17, 15) is 14.4 Å². The van der Waals surface area contributed by atoms with Crippen LogP contribution in [0.1, 0.15) is 73.3 Å². The van der Waals surface area contributed by atoms with Crippen LogP contribution in [0, 0.1) is 0 Å². The molecule has 2 aromatic rings. The van der Waals surface area contributed by atoms with Crippen LogP contribution in [0.25, 0.3) is 0 Å². The molecule has 5 N–H and O–H groups in total. The van der Waals surface area contributed by atoms with Crippen LogP contribution in [-0.4, -0.2) is 44.7 Å². The zero-order chi connectivity index (χ0) is 20.4. The van der Waals surface area contributed by atoms with E-state index in [1.807, 2.05) is 6.92 Å². The summed E-state index contributed by atoms with van der Waals surface area (Å²) in [6.45, 7) is 4.68. The molecular weight excluding hydrogens is 362 g/mol. The van der Waals surface area contributed by atoms with Crippen molar-refractivity contribution in [1.82, 2.24) is 25.7 Å². The number of carbonyl (C=O) groups is 3. The number of H-pyrrole nitrogens is 2. The Morgan fingerprint density at radius 1 is 0.857 bits per heavy atom. The summed E-state index contributed by atoms with van der Waals surface area (Å²) in [5.74, 6) is -0.301. The molecule has 0 aliphatic carbocycles. The second-order valence-corrected chi connectivity index (χ2v) is 6.40. The molecule has 10 heteroatoms. The van der Waals surface area contributed by atoms with Crippen molar-refractivity contribution in [1.29, 1.82) is 0 Å². The molecule has 0 radical (unpaired) electrons. The number of aromatic nitrogens is 4. The van der Waals surface area contributed by atoms with Crippen LogP contribution in [0.3, 0.4) is 0 Å². The molecule has 0 saturated heterocycles. The predicted octanol–water partition coefficient (Wildman–Crippen LogP) is 2.43. The Labute approximate surface area is 163 Å². The summed E-state index contributed by atoms with van der Waals surface area (Å²) in [6.07, 6.45) is 5.14. The Bertz CT molecular complexity index is 797. The van der Waals surface area contributed by atoms with Gasteiger partial charge in [-0.15, -0.1) is 0 Å². The molecule has 2 rings (SSSR count). The third-order valence-electron chi connectivity index (χ3n) is 3.97. The summed E-state index contributed by atoms with van der Waals surface area (Å²) in [5, 5.41) is 21.0. The van der Waals surface area contributed by atoms with Crippen LogP contribution >= 0.6 is 0 Å². The highest BCUT2D eigenvalue weighted by Crippen LogP contribution is 2.11. The SMILES string of the molecule is CCCCCC(=O)Nc1cc(C(=O)Nc2cc(C(=O)NCCCC)n[nH]2)n[nH]1. The monoisotopic (exact) mass is 389 g/mol. The minimum atomic E-state index is -0.496. The summed E-state index contributed by atoms with van der Waals surface area (Å²) in [7, 11) is 0. The fourth-order valence-corrected chi connectivity index (χ4v) is 2.41. The van der Waals surface area contributed by atoms with Gasteiger partial charge in [-0.25, -0.2) is 0 Å². The van der Waals surface area contributed by atoms with Crippen LogP contribution in [0.2, 0.25) is 0 Å². The van der Waals surface area contributed by atoms with Crippen molar-refractivity contribution in [3.63, 3.8) is 0 Å². The fourth-order valence-electron chi connectivity index (χ4n) is 2.41. The molecule has 0 atom stereocenters. The smallest absolute Gasteiger partial charge is 0.277 e. The van der Waals surface area contributed by atoms with Gasteiger partial charge in [-0.2, -0.15) is 10.2 Å². The number of hydrogen-bond donors (Lipinski definition) is 5. The van der Waals surface area contributed by atoms with Gasteiger partial charge in [-0.05, 0) is 12.8 Å². The van der Waals surface area contributed by atoms with E-state index in [4.69, 9.17) is 0 Å². The molecule has 2 heterocycles. The number of amides is 3. The van der Waals surface area contributed by atoms with Crippen LogP contribution < -0.4 is 16.0 Å². The molecule has 0 aliphatic rings. The Balaban J connectivity index is 1.86. The summed E-state index contributed by atoms with van der Waals surface area (Å²) < 4.78 is 0. The van der Waals surface area contributed by atoms with Gasteiger partial charge >= 0.3 is 0 Å². The molecule has 152 valence electrons. The maximum absolute atomic E-state index is 12.3. The van der Waals surface area contributed by atoms with E-state index in [1.165, 1.54) is 12.1 Å². The van der Waals surface area contributed by atoms with Crippen LogP contribution in [0.4, 0.5) is 11.6 Å². The third-order valence-corrected chi connectivity index (χ3v) is 3.97. The Morgan fingerprint density at radius 2 is 1.46 bits per heavy atom. The van der Waals surface area contributed by atoms with Gasteiger partial charge in [0.25, 0.3) is 11.8 Å². The quantitative estimate of drug-likeness (QED) is 0.375. The molecule has 0 aliphatic heterocycles. The number of unbranched alkanes of at least 4 members (excludes halogenated alkanes) is 3. The number of nitrogens with one attached hydrogen (secondary N) is 5. The number of anilines is 2. The van der Waals surface area contributed by atoms with Crippen molar-refractivity contribution in [3.8, 4) is 0 Å². The molecule has 2 aromatic heterocycles. The molecular formula is C18H27N7O3. The lowest BCUT2D eigenvalue weighted by molar-refractivity contribution is -0.116. The van der Waals surface area contributed by atoms with Gasteiger partial charge in [-0.3, -0.25) is 24.6 Å². The van der Waals surface area contributed by atoms with Gasteiger partial charge in [-0.1, -0.05) is 33.1 Å². The van der Waals surface area contributed by atoms with Crippen LogP contribution in [-0.2, 0) is 4.79 Å². The minimum absolute atomic E-state index is 0.104. The molecule has 0 unspecified atom stereocenters. The van der Waals surface area contributed by atoms with E-state index in [0.717, 1.165) is 32.1 Å². The molecule has 10 nitrogen and oxygen atoms in total. The zero-order valence-corrected chi connectivity index (χ0v) is 16.2. The molecule has 0 fully saturated rings. The Kier molecular flexibility index (Phi) is 8.19. The normalized spacial score (nSPS) is 10.5. The fraction of sp³-hybridized carbons (Fsp3) is 0.500. The van der Waals surface area contributed by atoms with Crippen molar-refractivity contribution >= 4 is 29.4 Å². The van der Waals surface area contributed by atoms with Crippen molar-refractivity contribution < 1.29 is 14.4 Å². The first kappa shape index (κ1) is 21.1. The first-order valence-corrected chi connectivity index (χ1v) is 9.53.